The maximum atomic E-state index is 11.8. The van der Waals surface area contributed by atoms with Crippen molar-refractivity contribution in [3.63, 3.8) is 0 Å². The minimum atomic E-state index is -0.412. The van der Waals surface area contributed by atoms with Gasteiger partial charge in [-0.1, -0.05) is 29.8 Å². The SMILES string of the molecule is CC(C)=CCCn1cc(CC2NC(=O)SC2=O)c2ccccc21. The zero-order valence-corrected chi connectivity index (χ0v) is 14.2. The lowest BCUT2D eigenvalue weighted by atomic mass is 10.1. The number of benzene rings is 1. The van der Waals surface area contributed by atoms with E-state index in [9.17, 15) is 9.59 Å². The van der Waals surface area contributed by atoms with E-state index in [1.807, 2.05) is 12.1 Å². The number of nitrogens with one attached hydrogen (secondary N) is 1. The molecule has 4 nitrogen and oxygen atoms in total. The van der Waals surface area contributed by atoms with Crippen molar-refractivity contribution < 1.29 is 9.59 Å². The van der Waals surface area contributed by atoms with E-state index < -0.39 is 6.04 Å². The maximum Gasteiger partial charge on any atom is 0.287 e. The molecule has 3 rings (SSSR count). The number of carbonyl (C=O) groups excluding carboxylic acids is 2. The van der Waals surface area contributed by atoms with Crippen molar-refractivity contribution in [1.82, 2.24) is 9.88 Å². The van der Waals surface area contributed by atoms with Crippen LogP contribution in [0, 0.1) is 0 Å². The molecule has 0 radical (unpaired) electrons. The Morgan fingerprint density at radius 2 is 2.09 bits per heavy atom. The highest BCUT2D eigenvalue weighted by molar-refractivity contribution is 8.26. The predicted molar refractivity (Wildman–Crippen MR) is 94.6 cm³/mol. The molecule has 1 fully saturated rings. The Morgan fingerprint density at radius 3 is 2.78 bits per heavy atom. The third-order valence-electron chi connectivity index (χ3n) is 3.99. The lowest BCUT2D eigenvalue weighted by molar-refractivity contribution is -0.112. The minimum Gasteiger partial charge on any atom is -0.347 e. The monoisotopic (exact) mass is 328 g/mol. The van der Waals surface area contributed by atoms with Crippen LogP contribution in [0.2, 0.25) is 0 Å². The Kier molecular flexibility index (Phi) is 4.57. The van der Waals surface area contributed by atoms with Gasteiger partial charge in [0, 0.05) is 41.8 Å². The summed E-state index contributed by atoms with van der Waals surface area (Å²) in [5.41, 5.74) is 3.60. The fourth-order valence-electron chi connectivity index (χ4n) is 2.91. The maximum absolute atomic E-state index is 11.8. The van der Waals surface area contributed by atoms with Gasteiger partial charge in [0.15, 0.2) is 0 Å². The van der Waals surface area contributed by atoms with Gasteiger partial charge in [0.05, 0.1) is 0 Å². The Balaban J connectivity index is 1.87. The number of hydrogen-bond donors (Lipinski definition) is 1. The molecular formula is C18H20N2O2S. The molecule has 0 saturated carbocycles. The summed E-state index contributed by atoms with van der Waals surface area (Å²) in [7, 11) is 0. The molecule has 0 spiro atoms. The van der Waals surface area contributed by atoms with Crippen LogP contribution in [0.15, 0.2) is 42.1 Å². The van der Waals surface area contributed by atoms with E-state index >= 15 is 0 Å². The van der Waals surface area contributed by atoms with Gasteiger partial charge in [-0.3, -0.25) is 9.59 Å². The summed E-state index contributed by atoms with van der Waals surface area (Å²) in [5, 5.41) is 3.57. The fourth-order valence-corrected chi connectivity index (χ4v) is 3.58. The molecule has 2 aromatic rings. The average molecular weight is 328 g/mol. The van der Waals surface area contributed by atoms with Crippen molar-refractivity contribution in [2.75, 3.05) is 0 Å². The molecule has 1 atom stereocenters. The third kappa shape index (κ3) is 3.50. The highest BCUT2D eigenvalue weighted by Crippen LogP contribution is 2.26. The minimum absolute atomic E-state index is 0.0867. The van der Waals surface area contributed by atoms with Crippen LogP contribution in [0.3, 0.4) is 0 Å². The summed E-state index contributed by atoms with van der Waals surface area (Å²) < 4.78 is 2.23. The van der Waals surface area contributed by atoms with Gasteiger partial charge in [0.25, 0.3) is 5.24 Å². The number of nitrogens with zero attached hydrogens (tertiary/aromatic N) is 1. The highest BCUT2D eigenvalue weighted by Gasteiger charge is 2.31. The highest BCUT2D eigenvalue weighted by atomic mass is 32.2. The topological polar surface area (TPSA) is 51.1 Å². The average Bonchev–Trinajstić information content (AvgIpc) is 3.00. The largest absolute Gasteiger partial charge is 0.347 e. The van der Waals surface area contributed by atoms with E-state index in [0.717, 1.165) is 35.7 Å². The zero-order chi connectivity index (χ0) is 16.4. The van der Waals surface area contributed by atoms with Gasteiger partial charge in [0.2, 0.25) is 5.12 Å². The van der Waals surface area contributed by atoms with Crippen LogP contribution >= 0.6 is 11.8 Å². The fraction of sp³-hybridized carbons (Fsp3) is 0.333. The van der Waals surface area contributed by atoms with E-state index in [1.165, 1.54) is 11.1 Å². The number of allylic oxidation sites excluding steroid dienone is 2. The molecule has 23 heavy (non-hydrogen) atoms. The predicted octanol–water partition coefficient (Wildman–Crippen LogP) is 3.89. The molecular weight excluding hydrogens is 308 g/mol. The quantitative estimate of drug-likeness (QED) is 0.847. The lowest BCUT2D eigenvalue weighted by Crippen LogP contribution is -2.30. The Morgan fingerprint density at radius 1 is 1.30 bits per heavy atom. The zero-order valence-electron chi connectivity index (χ0n) is 13.3. The summed E-state index contributed by atoms with van der Waals surface area (Å²) >= 11 is 0.774. The summed E-state index contributed by atoms with van der Waals surface area (Å²) in [6, 6.07) is 7.81. The van der Waals surface area contributed by atoms with Gasteiger partial charge >= 0.3 is 0 Å². The van der Waals surface area contributed by atoms with Crippen LogP contribution in [0.1, 0.15) is 25.8 Å². The summed E-state index contributed by atoms with van der Waals surface area (Å²) in [6.07, 6.45) is 5.88. The second-order valence-corrected chi connectivity index (χ2v) is 7.02. The number of aromatic nitrogens is 1. The second-order valence-electron chi connectivity index (χ2n) is 6.04. The third-order valence-corrected chi connectivity index (χ3v) is 4.78. The van der Waals surface area contributed by atoms with Gasteiger partial charge in [-0.05, 0) is 31.9 Å². The van der Waals surface area contributed by atoms with Crippen LogP contribution in [0.25, 0.3) is 10.9 Å². The number of rotatable bonds is 5. The second kappa shape index (κ2) is 6.62. The van der Waals surface area contributed by atoms with Crippen LogP contribution in [-0.4, -0.2) is 21.0 Å². The van der Waals surface area contributed by atoms with Crippen LogP contribution in [0.5, 0.6) is 0 Å². The van der Waals surface area contributed by atoms with E-state index in [0.29, 0.717) is 6.42 Å². The molecule has 5 heteroatoms. The standard InChI is InChI=1S/C18H20N2O2S/c1-12(2)6-5-9-20-11-13(14-7-3-4-8-16(14)20)10-15-17(21)23-18(22)19-15/h3-4,6-8,11,15H,5,9-10H2,1-2H3,(H,19,22). The summed E-state index contributed by atoms with van der Waals surface area (Å²) in [5.74, 6) is 0. The molecule has 1 unspecified atom stereocenters. The number of amides is 1. The van der Waals surface area contributed by atoms with E-state index in [2.05, 4.69) is 48.1 Å². The van der Waals surface area contributed by atoms with Crippen molar-refractivity contribution in [1.29, 1.82) is 0 Å². The first kappa shape index (κ1) is 15.9. The summed E-state index contributed by atoms with van der Waals surface area (Å²) in [6.45, 7) is 5.11. The van der Waals surface area contributed by atoms with Gasteiger partial charge < -0.3 is 9.88 Å². The number of carbonyl (C=O) groups is 2. The van der Waals surface area contributed by atoms with Crippen molar-refractivity contribution in [2.45, 2.75) is 39.3 Å². The molecule has 0 bridgehead atoms. The Hall–Kier alpha value is -2.01. The Bertz CT molecular complexity index is 787. The number of fused-ring (bicyclic) bond motifs is 1. The van der Waals surface area contributed by atoms with Gasteiger partial charge in [-0.25, -0.2) is 0 Å². The molecule has 1 N–H and O–H groups in total. The normalized spacial score (nSPS) is 17.6. The molecule has 120 valence electrons. The first-order chi connectivity index (χ1) is 11.0. The van der Waals surface area contributed by atoms with E-state index in [1.54, 1.807) is 0 Å². The first-order valence-electron chi connectivity index (χ1n) is 7.77. The molecule has 2 heterocycles. The number of aryl methyl sites for hydroxylation is 1. The van der Waals surface area contributed by atoms with Crippen molar-refractivity contribution in [3.05, 3.63) is 47.7 Å². The Labute approximate surface area is 139 Å². The number of para-hydroxylation sites is 1. The lowest BCUT2D eigenvalue weighted by Gasteiger charge is -2.06. The molecule has 0 aliphatic carbocycles. The van der Waals surface area contributed by atoms with E-state index in [4.69, 9.17) is 0 Å². The van der Waals surface area contributed by atoms with Crippen LogP contribution < -0.4 is 5.32 Å². The van der Waals surface area contributed by atoms with Gasteiger partial charge in [0.1, 0.15) is 6.04 Å². The number of thioether (sulfide) groups is 1. The molecule has 1 saturated heterocycles. The summed E-state index contributed by atoms with van der Waals surface area (Å²) in [4.78, 5) is 23.2. The molecule has 1 aliphatic rings. The smallest absolute Gasteiger partial charge is 0.287 e. The molecule has 1 amide bonds. The molecule has 1 aliphatic heterocycles. The van der Waals surface area contributed by atoms with Gasteiger partial charge in [-0.15, -0.1) is 0 Å². The van der Waals surface area contributed by atoms with E-state index in [-0.39, 0.29) is 10.4 Å². The van der Waals surface area contributed by atoms with Crippen molar-refractivity contribution >= 4 is 33.0 Å². The number of hydrogen-bond acceptors (Lipinski definition) is 3. The first-order valence-corrected chi connectivity index (χ1v) is 8.58. The van der Waals surface area contributed by atoms with Crippen molar-refractivity contribution in [2.24, 2.45) is 0 Å². The van der Waals surface area contributed by atoms with Gasteiger partial charge in [-0.2, -0.15) is 0 Å². The molecule has 1 aromatic carbocycles. The molecule has 1 aromatic heterocycles. The van der Waals surface area contributed by atoms with Crippen LogP contribution in [0.4, 0.5) is 4.79 Å². The van der Waals surface area contributed by atoms with Crippen molar-refractivity contribution in [3.8, 4) is 0 Å². The van der Waals surface area contributed by atoms with Crippen LogP contribution in [-0.2, 0) is 17.8 Å².